The van der Waals surface area contributed by atoms with Crippen LogP contribution in [0.5, 0.6) is 0 Å². The Bertz CT molecular complexity index is 861. The van der Waals surface area contributed by atoms with Crippen molar-refractivity contribution in [3.05, 3.63) is 59.7 Å². The van der Waals surface area contributed by atoms with Crippen molar-refractivity contribution in [3.63, 3.8) is 0 Å². The van der Waals surface area contributed by atoms with E-state index in [0.29, 0.717) is 0 Å². The van der Waals surface area contributed by atoms with E-state index in [1.165, 1.54) is 18.5 Å². The van der Waals surface area contributed by atoms with E-state index in [2.05, 4.69) is 28.5 Å². The van der Waals surface area contributed by atoms with Gasteiger partial charge in [0.15, 0.2) is 0 Å². The molecule has 0 aliphatic carbocycles. The van der Waals surface area contributed by atoms with Crippen molar-refractivity contribution in [3.8, 4) is 0 Å². The lowest BCUT2D eigenvalue weighted by Gasteiger charge is -2.23. The molecule has 0 radical (unpaired) electrons. The quantitative estimate of drug-likeness (QED) is 0.707. The lowest BCUT2D eigenvalue weighted by Crippen LogP contribution is -2.47. The number of alkyl carbamates (subject to hydrolysis) is 1. The summed E-state index contributed by atoms with van der Waals surface area (Å²) in [5.41, 5.74) is 3.97. The summed E-state index contributed by atoms with van der Waals surface area (Å²) in [5, 5.41) is 5.63. The normalized spacial score (nSPS) is 14.5. The van der Waals surface area contributed by atoms with Crippen LogP contribution in [-0.4, -0.2) is 31.1 Å². The van der Waals surface area contributed by atoms with Crippen molar-refractivity contribution in [1.29, 1.82) is 0 Å². The number of nitrogens with one attached hydrogen (secondary N) is 2. The van der Waals surface area contributed by atoms with Crippen LogP contribution in [0.4, 0.5) is 16.2 Å². The van der Waals surface area contributed by atoms with E-state index in [4.69, 9.17) is 4.74 Å². The number of amides is 2. The lowest BCUT2D eigenvalue weighted by molar-refractivity contribution is -0.119. The Kier molecular flexibility index (Phi) is 7.33. The van der Waals surface area contributed by atoms with Gasteiger partial charge in [0.1, 0.15) is 12.6 Å². The van der Waals surface area contributed by atoms with Gasteiger partial charge >= 0.3 is 6.09 Å². The predicted octanol–water partition coefficient (Wildman–Crippen LogP) is 4.48. The van der Waals surface area contributed by atoms with Crippen molar-refractivity contribution in [1.82, 2.24) is 5.32 Å². The van der Waals surface area contributed by atoms with Crippen LogP contribution in [-0.2, 0) is 16.1 Å². The summed E-state index contributed by atoms with van der Waals surface area (Å²) in [6, 6.07) is 14.7. The topological polar surface area (TPSA) is 70.7 Å². The van der Waals surface area contributed by atoms with E-state index < -0.39 is 12.1 Å². The summed E-state index contributed by atoms with van der Waals surface area (Å²) < 4.78 is 5.27. The molecular weight excluding hydrogens is 378 g/mol. The number of rotatable bonds is 7. The zero-order valence-electron chi connectivity index (χ0n) is 18.0. The van der Waals surface area contributed by atoms with Gasteiger partial charge in [0, 0.05) is 24.5 Å². The van der Waals surface area contributed by atoms with Crippen LogP contribution < -0.4 is 15.5 Å². The van der Waals surface area contributed by atoms with Crippen LogP contribution in [0.15, 0.2) is 48.5 Å². The maximum atomic E-state index is 12.8. The molecule has 0 saturated carbocycles. The average molecular weight is 410 g/mol. The molecular formula is C24H31N3O3. The first-order valence-corrected chi connectivity index (χ1v) is 10.6. The highest BCUT2D eigenvalue weighted by Crippen LogP contribution is 2.26. The van der Waals surface area contributed by atoms with Gasteiger partial charge in [-0.3, -0.25) is 4.79 Å². The van der Waals surface area contributed by atoms with E-state index in [1.807, 2.05) is 56.3 Å². The van der Waals surface area contributed by atoms with Crippen molar-refractivity contribution in [2.24, 2.45) is 5.92 Å². The molecule has 1 heterocycles. The van der Waals surface area contributed by atoms with E-state index in [9.17, 15) is 9.59 Å². The fourth-order valence-electron chi connectivity index (χ4n) is 3.69. The van der Waals surface area contributed by atoms with Gasteiger partial charge in [0.2, 0.25) is 5.91 Å². The van der Waals surface area contributed by atoms with Gasteiger partial charge in [-0.15, -0.1) is 0 Å². The summed E-state index contributed by atoms with van der Waals surface area (Å²) in [6.45, 7) is 8.17. The van der Waals surface area contributed by atoms with E-state index in [-0.39, 0.29) is 18.4 Å². The van der Waals surface area contributed by atoms with Crippen molar-refractivity contribution in [2.45, 2.75) is 46.3 Å². The molecule has 2 N–H and O–H groups in total. The number of hydrogen-bond donors (Lipinski definition) is 2. The van der Waals surface area contributed by atoms with Crippen LogP contribution in [0.3, 0.4) is 0 Å². The second-order valence-corrected chi connectivity index (χ2v) is 8.11. The first kappa shape index (κ1) is 21.7. The van der Waals surface area contributed by atoms with Gasteiger partial charge in [-0.2, -0.15) is 0 Å². The second-order valence-electron chi connectivity index (χ2n) is 8.11. The molecule has 6 heteroatoms. The minimum absolute atomic E-state index is 0.0840. The van der Waals surface area contributed by atoms with Gasteiger partial charge in [-0.1, -0.05) is 44.2 Å². The van der Waals surface area contributed by atoms with Gasteiger partial charge in [-0.05, 0) is 55.0 Å². The van der Waals surface area contributed by atoms with E-state index >= 15 is 0 Å². The molecule has 1 atom stereocenters. The fourth-order valence-corrected chi connectivity index (χ4v) is 3.69. The van der Waals surface area contributed by atoms with E-state index in [1.54, 1.807) is 0 Å². The van der Waals surface area contributed by atoms with E-state index in [0.717, 1.165) is 29.9 Å². The van der Waals surface area contributed by atoms with Gasteiger partial charge in [0.05, 0.1) is 0 Å². The van der Waals surface area contributed by atoms with Crippen LogP contribution in [0.25, 0.3) is 0 Å². The Morgan fingerprint density at radius 2 is 1.77 bits per heavy atom. The fraction of sp³-hybridized carbons (Fsp3) is 0.417. The zero-order chi connectivity index (χ0) is 21.5. The molecule has 1 fully saturated rings. The van der Waals surface area contributed by atoms with Gasteiger partial charge in [-0.25, -0.2) is 4.79 Å². The Morgan fingerprint density at radius 1 is 1.07 bits per heavy atom. The highest BCUT2D eigenvalue weighted by atomic mass is 16.5. The Balaban J connectivity index is 1.58. The van der Waals surface area contributed by atoms with Gasteiger partial charge < -0.3 is 20.3 Å². The molecule has 0 aromatic heterocycles. The minimum atomic E-state index is -0.688. The molecule has 1 saturated heterocycles. The molecule has 0 unspecified atom stereocenters. The smallest absolute Gasteiger partial charge is 0.408 e. The standard InChI is InChI=1S/C24H31N3O3/c1-17(2)22(26-24(29)30-16-19-9-5-4-6-10-19)23(28)25-20-11-12-21(18(3)15-20)27-13-7-8-14-27/h4-6,9-12,15,17,22H,7-8,13-14,16H2,1-3H3,(H,25,28)(H,26,29)/t22-/m0/s1. The maximum absolute atomic E-state index is 12.8. The third kappa shape index (κ3) is 5.75. The molecule has 160 valence electrons. The monoisotopic (exact) mass is 409 g/mol. The number of aryl methyl sites for hydroxylation is 1. The molecule has 2 aromatic carbocycles. The molecule has 1 aliphatic rings. The number of nitrogens with zero attached hydrogens (tertiary/aromatic N) is 1. The zero-order valence-corrected chi connectivity index (χ0v) is 18.0. The van der Waals surface area contributed by atoms with Crippen molar-refractivity contribution >= 4 is 23.4 Å². The van der Waals surface area contributed by atoms with Crippen molar-refractivity contribution in [2.75, 3.05) is 23.3 Å². The number of benzene rings is 2. The predicted molar refractivity (Wildman–Crippen MR) is 120 cm³/mol. The molecule has 1 aliphatic heterocycles. The molecule has 0 bridgehead atoms. The number of carbonyl (C=O) groups is 2. The summed E-state index contributed by atoms with van der Waals surface area (Å²) in [6.07, 6.45) is 1.84. The number of ether oxygens (including phenoxy) is 1. The molecule has 0 spiro atoms. The Hall–Kier alpha value is -3.02. The number of carbonyl (C=O) groups excluding carboxylic acids is 2. The number of anilines is 2. The summed E-state index contributed by atoms with van der Waals surface area (Å²) in [4.78, 5) is 27.4. The summed E-state index contributed by atoms with van der Waals surface area (Å²) >= 11 is 0. The third-order valence-electron chi connectivity index (χ3n) is 5.35. The summed E-state index contributed by atoms with van der Waals surface area (Å²) in [7, 11) is 0. The second kappa shape index (κ2) is 10.1. The van der Waals surface area contributed by atoms with Crippen LogP contribution in [0.1, 0.15) is 37.8 Å². The largest absolute Gasteiger partial charge is 0.445 e. The first-order valence-electron chi connectivity index (χ1n) is 10.6. The highest BCUT2D eigenvalue weighted by molar-refractivity contribution is 5.97. The molecule has 3 rings (SSSR count). The highest BCUT2D eigenvalue weighted by Gasteiger charge is 2.25. The van der Waals surface area contributed by atoms with Crippen LogP contribution in [0, 0.1) is 12.8 Å². The Labute approximate surface area is 178 Å². The van der Waals surface area contributed by atoms with Crippen molar-refractivity contribution < 1.29 is 14.3 Å². The minimum Gasteiger partial charge on any atom is -0.445 e. The molecule has 2 aromatic rings. The average Bonchev–Trinajstić information content (AvgIpc) is 3.25. The molecule has 30 heavy (non-hydrogen) atoms. The lowest BCUT2D eigenvalue weighted by atomic mass is 10.0. The third-order valence-corrected chi connectivity index (χ3v) is 5.35. The number of hydrogen-bond acceptors (Lipinski definition) is 4. The molecule has 6 nitrogen and oxygen atoms in total. The van der Waals surface area contributed by atoms with Crippen LogP contribution >= 0.6 is 0 Å². The first-order chi connectivity index (χ1) is 14.4. The molecule has 2 amide bonds. The van der Waals surface area contributed by atoms with Gasteiger partial charge in [0.25, 0.3) is 0 Å². The summed E-state index contributed by atoms with van der Waals surface area (Å²) in [5.74, 6) is -0.339. The Morgan fingerprint density at radius 3 is 2.40 bits per heavy atom. The maximum Gasteiger partial charge on any atom is 0.408 e. The SMILES string of the molecule is Cc1cc(NC(=O)[C@@H](NC(=O)OCc2ccccc2)C(C)C)ccc1N1CCCC1. The van der Waals surface area contributed by atoms with Crippen LogP contribution in [0.2, 0.25) is 0 Å².